The van der Waals surface area contributed by atoms with Gasteiger partial charge in [0.1, 0.15) is 5.75 Å². The average molecular weight is 347 g/mol. The summed E-state index contributed by atoms with van der Waals surface area (Å²) < 4.78 is 29.0. The van der Waals surface area contributed by atoms with E-state index >= 15 is 0 Å². The Morgan fingerprint density at radius 1 is 1.27 bits per heavy atom. The summed E-state index contributed by atoms with van der Waals surface area (Å²) in [5.74, 6) is 0.671. The van der Waals surface area contributed by atoms with Crippen LogP contribution < -0.4 is 10.1 Å². The van der Waals surface area contributed by atoms with Gasteiger partial charge in [0.05, 0.1) is 10.7 Å². The van der Waals surface area contributed by atoms with Crippen LogP contribution in [0.25, 0.3) is 11.3 Å². The Balaban J connectivity index is 0.00000176. The van der Waals surface area contributed by atoms with Crippen molar-refractivity contribution in [3.63, 3.8) is 0 Å². The van der Waals surface area contributed by atoms with E-state index in [1.54, 1.807) is 23.5 Å². The molecule has 0 amide bonds. The Labute approximate surface area is 138 Å². The van der Waals surface area contributed by atoms with Crippen LogP contribution in [0.15, 0.2) is 29.6 Å². The molecule has 0 atom stereocenters. The van der Waals surface area contributed by atoms with Crippen molar-refractivity contribution in [3.8, 4) is 17.0 Å². The molecule has 0 aliphatic carbocycles. The fourth-order valence-electron chi connectivity index (χ4n) is 2.51. The monoisotopic (exact) mass is 346 g/mol. The van der Waals surface area contributed by atoms with E-state index in [0.29, 0.717) is 5.92 Å². The molecule has 2 aromatic rings. The van der Waals surface area contributed by atoms with E-state index < -0.39 is 6.61 Å². The molecule has 1 saturated heterocycles. The molecule has 120 valence electrons. The third-order valence-corrected chi connectivity index (χ3v) is 4.57. The topological polar surface area (TPSA) is 34.1 Å². The summed E-state index contributed by atoms with van der Waals surface area (Å²) in [7, 11) is 0. The number of nitrogens with one attached hydrogen (secondary N) is 1. The van der Waals surface area contributed by atoms with Gasteiger partial charge in [0, 0.05) is 16.9 Å². The maximum Gasteiger partial charge on any atom is 0.387 e. The minimum absolute atomic E-state index is 0. The molecule has 0 bridgehead atoms. The van der Waals surface area contributed by atoms with Crippen LogP contribution in [-0.2, 0) is 0 Å². The first-order valence-electron chi connectivity index (χ1n) is 6.94. The smallest absolute Gasteiger partial charge is 0.387 e. The molecule has 1 fully saturated rings. The number of hydrogen-bond acceptors (Lipinski definition) is 4. The van der Waals surface area contributed by atoms with Gasteiger partial charge in [0.25, 0.3) is 0 Å². The molecule has 3 nitrogen and oxygen atoms in total. The molecule has 2 heterocycles. The molecule has 22 heavy (non-hydrogen) atoms. The number of rotatable bonds is 4. The Morgan fingerprint density at radius 3 is 2.77 bits per heavy atom. The summed E-state index contributed by atoms with van der Waals surface area (Å²) in [5, 5.41) is 6.45. The number of halogens is 3. The van der Waals surface area contributed by atoms with Gasteiger partial charge < -0.3 is 10.1 Å². The van der Waals surface area contributed by atoms with Crippen LogP contribution in [0.3, 0.4) is 0 Å². The quantitative estimate of drug-likeness (QED) is 0.896. The lowest BCUT2D eigenvalue weighted by Gasteiger charge is -2.20. The van der Waals surface area contributed by atoms with E-state index in [1.807, 2.05) is 11.4 Å². The highest BCUT2D eigenvalue weighted by Gasteiger charge is 2.19. The van der Waals surface area contributed by atoms with E-state index in [0.717, 1.165) is 42.2 Å². The van der Waals surface area contributed by atoms with Gasteiger partial charge in [-0.3, -0.25) is 0 Å². The standard InChI is InChI=1S/C15H16F2N2OS.ClH/c16-15(17)20-12-3-1-2-11(8-12)13-9-21-14(19-13)10-4-6-18-7-5-10;/h1-3,8-10,15,18H,4-7H2;1H. The lowest BCUT2D eigenvalue weighted by atomic mass is 9.99. The van der Waals surface area contributed by atoms with Crippen LogP contribution in [0.1, 0.15) is 23.8 Å². The Bertz CT molecular complexity index is 603. The first-order chi connectivity index (χ1) is 10.2. The van der Waals surface area contributed by atoms with E-state index in [4.69, 9.17) is 0 Å². The number of alkyl halides is 2. The molecule has 0 unspecified atom stereocenters. The minimum atomic E-state index is -2.80. The van der Waals surface area contributed by atoms with Crippen LogP contribution in [0.4, 0.5) is 8.78 Å². The molecule has 3 rings (SSSR count). The van der Waals surface area contributed by atoms with Gasteiger partial charge >= 0.3 is 6.61 Å². The predicted octanol–water partition coefficient (Wildman–Crippen LogP) is 4.30. The zero-order chi connectivity index (χ0) is 14.7. The number of hydrogen-bond donors (Lipinski definition) is 1. The van der Waals surface area contributed by atoms with Crippen LogP contribution in [-0.4, -0.2) is 24.7 Å². The van der Waals surface area contributed by atoms with Gasteiger partial charge in [-0.15, -0.1) is 23.7 Å². The van der Waals surface area contributed by atoms with Gasteiger partial charge in [-0.1, -0.05) is 12.1 Å². The average Bonchev–Trinajstić information content (AvgIpc) is 2.98. The zero-order valence-electron chi connectivity index (χ0n) is 11.8. The number of ether oxygens (including phenoxy) is 1. The highest BCUT2D eigenvalue weighted by molar-refractivity contribution is 7.10. The second kappa shape index (κ2) is 7.85. The van der Waals surface area contributed by atoms with Crippen molar-refractivity contribution in [2.75, 3.05) is 13.1 Å². The lowest BCUT2D eigenvalue weighted by molar-refractivity contribution is -0.0498. The molecule has 0 spiro atoms. The molecular formula is C15H17ClF2N2OS. The summed E-state index contributed by atoms with van der Waals surface area (Å²) in [5.41, 5.74) is 1.64. The second-order valence-electron chi connectivity index (χ2n) is 5.00. The number of aromatic nitrogens is 1. The largest absolute Gasteiger partial charge is 0.435 e. The normalized spacial score (nSPS) is 15.6. The van der Waals surface area contributed by atoms with Crippen molar-refractivity contribution in [3.05, 3.63) is 34.7 Å². The molecular weight excluding hydrogens is 330 g/mol. The number of piperidine rings is 1. The fourth-order valence-corrected chi connectivity index (χ4v) is 3.51. The number of benzene rings is 1. The van der Waals surface area contributed by atoms with Crippen molar-refractivity contribution in [2.45, 2.75) is 25.4 Å². The molecule has 1 aromatic carbocycles. The third kappa shape index (κ3) is 4.15. The Morgan fingerprint density at radius 2 is 2.05 bits per heavy atom. The summed E-state index contributed by atoms with van der Waals surface area (Å²) in [6.45, 7) is -0.754. The maximum absolute atomic E-state index is 12.3. The summed E-state index contributed by atoms with van der Waals surface area (Å²) in [6, 6.07) is 6.69. The highest BCUT2D eigenvalue weighted by atomic mass is 35.5. The summed E-state index contributed by atoms with van der Waals surface area (Å²) in [4.78, 5) is 4.67. The molecule has 1 aliphatic heterocycles. The highest BCUT2D eigenvalue weighted by Crippen LogP contribution is 2.32. The molecule has 0 radical (unpaired) electrons. The first-order valence-corrected chi connectivity index (χ1v) is 7.82. The van der Waals surface area contributed by atoms with E-state index in [2.05, 4.69) is 15.0 Å². The van der Waals surface area contributed by atoms with Gasteiger partial charge in [0.15, 0.2) is 0 Å². The van der Waals surface area contributed by atoms with Gasteiger partial charge in [0.2, 0.25) is 0 Å². The van der Waals surface area contributed by atoms with Crippen LogP contribution in [0.5, 0.6) is 5.75 Å². The first kappa shape index (κ1) is 17.1. The van der Waals surface area contributed by atoms with Gasteiger partial charge in [-0.25, -0.2) is 4.98 Å². The van der Waals surface area contributed by atoms with Crippen LogP contribution in [0.2, 0.25) is 0 Å². The van der Waals surface area contributed by atoms with Crippen molar-refractivity contribution in [1.29, 1.82) is 0 Å². The van der Waals surface area contributed by atoms with Crippen molar-refractivity contribution in [1.82, 2.24) is 10.3 Å². The Hall–Kier alpha value is -1.24. The minimum Gasteiger partial charge on any atom is -0.435 e. The molecule has 1 N–H and O–H groups in total. The SMILES string of the molecule is Cl.FC(F)Oc1cccc(-c2csc(C3CCNCC3)n2)c1. The number of nitrogens with zero attached hydrogens (tertiary/aromatic N) is 1. The van der Waals surface area contributed by atoms with Crippen molar-refractivity contribution < 1.29 is 13.5 Å². The Kier molecular flexibility index (Phi) is 6.11. The van der Waals surface area contributed by atoms with E-state index in [9.17, 15) is 8.78 Å². The third-order valence-electron chi connectivity index (χ3n) is 3.57. The number of thiazole rings is 1. The molecule has 1 aromatic heterocycles. The van der Waals surface area contributed by atoms with Crippen LogP contribution in [0, 0.1) is 0 Å². The van der Waals surface area contributed by atoms with Crippen LogP contribution >= 0.6 is 23.7 Å². The van der Waals surface area contributed by atoms with E-state index in [-0.39, 0.29) is 18.2 Å². The molecule has 1 aliphatic rings. The van der Waals surface area contributed by atoms with Crippen molar-refractivity contribution in [2.24, 2.45) is 0 Å². The summed E-state index contributed by atoms with van der Waals surface area (Å²) in [6.07, 6.45) is 2.20. The fraction of sp³-hybridized carbons (Fsp3) is 0.400. The lowest BCUT2D eigenvalue weighted by Crippen LogP contribution is -2.26. The molecule has 0 saturated carbocycles. The molecule has 7 heteroatoms. The maximum atomic E-state index is 12.3. The zero-order valence-corrected chi connectivity index (χ0v) is 13.4. The summed E-state index contributed by atoms with van der Waals surface area (Å²) >= 11 is 1.64. The van der Waals surface area contributed by atoms with Gasteiger partial charge in [-0.05, 0) is 38.1 Å². The predicted molar refractivity (Wildman–Crippen MR) is 86.3 cm³/mol. The second-order valence-corrected chi connectivity index (χ2v) is 5.89. The van der Waals surface area contributed by atoms with Gasteiger partial charge in [-0.2, -0.15) is 8.78 Å². The van der Waals surface area contributed by atoms with E-state index in [1.165, 1.54) is 6.07 Å². The van der Waals surface area contributed by atoms with Crippen molar-refractivity contribution >= 4 is 23.7 Å².